The summed E-state index contributed by atoms with van der Waals surface area (Å²) in [6.45, 7) is 0. The van der Waals surface area contributed by atoms with Gasteiger partial charge in [0.15, 0.2) is 6.04 Å². The molecule has 4 N–H and O–H groups in total. The Kier molecular flexibility index (Phi) is 7.37. The molecule has 0 aliphatic carbocycles. The van der Waals surface area contributed by atoms with E-state index >= 15 is 0 Å². The first-order valence-electron chi connectivity index (χ1n) is 10.2. The van der Waals surface area contributed by atoms with Crippen molar-refractivity contribution in [2.75, 3.05) is 0 Å². The standard InChI is InChI=1S/C24H17Br2N5O4/c25-17-10-13(11-18(26)21(17)32)12-27-30-24(35)20(28-22(33)14-6-2-1-3-7-14)19-15-8-4-5-9-16(15)23(34)31-29-19/h1-12,20,32H,(H,28,33)(H,30,35)(H,31,34)/b27-12-/t20-/m1/s1. The molecule has 0 aliphatic rings. The van der Waals surface area contributed by atoms with Crippen molar-refractivity contribution in [3.63, 3.8) is 0 Å². The molecule has 4 rings (SSSR count). The van der Waals surface area contributed by atoms with E-state index in [1.807, 2.05) is 0 Å². The third-order valence-electron chi connectivity index (χ3n) is 5.00. The van der Waals surface area contributed by atoms with Gasteiger partial charge in [-0.05, 0) is 67.8 Å². The van der Waals surface area contributed by atoms with Crippen molar-refractivity contribution >= 4 is 60.7 Å². The number of hydrazone groups is 1. The van der Waals surface area contributed by atoms with Gasteiger partial charge in [0.05, 0.1) is 20.5 Å². The molecule has 1 atom stereocenters. The van der Waals surface area contributed by atoms with Gasteiger partial charge in [-0.2, -0.15) is 10.2 Å². The predicted octanol–water partition coefficient (Wildman–Crippen LogP) is 3.78. The lowest BCUT2D eigenvalue weighted by Gasteiger charge is -2.18. The Morgan fingerprint density at radius 2 is 1.63 bits per heavy atom. The zero-order chi connectivity index (χ0) is 24.9. The van der Waals surface area contributed by atoms with Crippen molar-refractivity contribution in [3.05, 3.63) is 103 Å². The Morgan fingerprint density at radius 3 is 2.31 bits per heavy atom. The number of nitrogens with zero attached hydrogens (tertiary/aromatic N) is 2. The summed E-state index contributed by atoms with van der Waals surface area (Å²) in [7, 11) is 0. The van der Waals surface area contributed by atoms with Crippen LogP contribution < -0.4 is 16.3 Å². The first kappa shape index (κ1) is 24.3. The third kappa shape index (κ3) is 5.47. The molecule has 0 radical (unpaired) electrons. The van der Waals surface area contributed by atoms with Gasteiger partial charge in [0.1, 0.15) is 11.4 Å². The Balaban J connectivity index is 1.67. The molecule has 0 saturated heterocycles. The van der Waals surface area contributed by atoms with Gasteiger partial charge in [0.2, 0.25) is 0 Å². The molecule has 0 saturated carbocycles. The quantitative estimate of drug-likeness (QED) is 0.198. The summed E-state index contributed by atoms with van der Waals surface area (Å²) in [6.07, 6.45) is 1.38. The zero-order valence-electron chi connectivity index (χ0n) is 17.8. The Labute approximate surface area is 215 Å². The number of fused-ring (bicyclic) bond motifs is 1. The van der Waals surface area contributed by atoms with Crippen LogP contribution in [-0.2, 0) is 4.79 Å². The average Bonchev–Trinajstić information content (AvgIpc) is 2.87. The Morgan fingerprint density at radius 1 is 1.00 bits per heavy atom. The lowest BCUT2D eigenvalue weighted by atomic mass is 10.0. The zero-order valence-corrected chi connectivity index (χ0v) is 21.0. The summed E-state index contributed by atoms with van der Waals surface area (Å²) in [5.41, 5.74) is 3.08. The molecule has 0 unspecified atom stereocenters. The number of H-pyrrole nitrogens is 1. The number of phenolic OH excluding ortho intramolecular Hbond substituents is 1. The van der Waals surface area contributed by atoms with Crippen molar-refractivity contribution in [3.8, 4) is 5.75 Å². The van der Waals surface area contributed by atoms with Crippen molar-refractivity contribution in [1.29, 1.82) is 0 Å². The van der Waals surface area contributed by atoms with E-state index in [0.717, 1.165) is 0 Å². The minimum atomic E-state index is -1.26. The molecule has 0 fully saturated rings. The van der Waals surface area contributed by atoms with Crippen LogP contribution in [0.3, 0.4) is 0 Å². The number of carbonyl (C=O) groups is 2. The highest BCUT2D eigenvalue weighted by Gasteiger charge is 2.27. The SMILES string of the molecule is O=C(N[C@@H](C(=O)N/N=C\c1cc(Br)c(O)c(Br)c1)c1n[nH]c(=O)c2ccccc12)c1ccccc1. The second kappa shape index (κ2) is 10.6. The normalized spacial score (nSPS) is 11.9. The van der Waals surface area contributed by atoms with Crippen molar-refractivity contribution < 1.29 is 14.7 Å². The highest BCUT2D eigenvalue weighted by molar-refractivity contribution is 9.11. The first-order valence-corrected chi connectivity index (χ1v) is 11.8. The molecular weight excluding hydrogens is 582 g/mol. The second-order valence-corrected chi connectivity index (χ2v) is 9.03. The molecule has 176 valence electrons. The number of halogens is 2. The van der Waals surface area contributed by atoms with Crippen LogP contribution in [-0.4, -0.2) is 33.3 Å². The third-order valence-corrected chi connectivity index (χ3v) is 6.21. The van der Waals surface area contributed by atoms with E-state index in [2.05, 4.69) is 57.9 Å². The molecule has 1 heterocycles. The minimum Gasteiger partial charge on any atom is -0.506 e. The number of benzene rings is 3. The molecule has 0 spiro atoms. The molecule has 35 heavy (non-hydrogen) atoms. The van der Waals surface area contributed by atoms with E-state index in [0.29, 0.717) is 30.8 Å². The average molecular weight is 599 g/mol. The lowest BCUT2D eigenvalue weighted by molar-refractivity contribution is -0.123. The molecule has 9 nitrogen and oxygen atoms in total. The number of nitrogens with one attached hydrogen (secondary N) is 3. The fourth-order valence-electron chi connectivity index (χ4n) is 3.31. The number of hydrogen-bond donors (Lipinski definition) is 4. The first-order chi connectivity index (χ1) is 16.8. The van der Waals surface area contributed by atoms with Gasteiger partial charge in [0.25, 0.3) is 17.4 Å². The number of aromatic hydroxyl groups is 1. The van der Waals surface area contributed by atoms with Gasteiger partial charge in [-0.25, -0.2) is 10.5 Å². The lowest BCUT2D eigenvalue weighted by Crippen LogP contribution is -2.40. The smallest absolute Gasteiger partial charge is 0.272 e. The largest absolute Gasteiger partial charge is 0.506 e. The fourth-order valence-corrected chi connectivity index (χ4v) is 4.53. The summed E-state index contributed by atoms with van der Waals surface area (Å²) < 4.78 is 0.883. The molecule has 4 aromatic rings. The predicted molar refractivity (Wildman–Crippen MR) is 138 cm³/mol. The van der Waals surface area contributed by atoms with Gasteiger partial charge in [-0.15, -0.1) is 0 Å². The van der Waals surface area contributed by atoms with E-state index < -0.39 is 23.4 Å². The number of amides is 2. The maximum Gasteiger partial charge on any atom is 0.272 e. The number of aromatic nitrogens is 2. The van der Waals surface area contributed by atoms with E-state index in [1.54, 1.807) is 66.7 Å². The van der Waals surface area contributed by atoms with Crippen LogP contribution in [0.4, 0.5) is 0 Å². The number of phenols is 1. The number of aromatic amines is 1. The van der Waals surface area contributed by atoms with Gasteiger partial charge < -0.3 is 10.4 Å². The van der Waals surface area contributed by atoms with Crippen molar-refractivity contribution in [2.24, 2.45) is 5.10 Å². The highest BCUT2D eigenvalue weighted by Crippen LogP contribution is 2.32. The summed E-state index contributed by atoms with van der Waals surface area (Å²) in [6, 6.07) is 17.0. The summed E-state index contributed by atoms with van der Waals surface area (Å²) in [5.74, 6) is -1.14. The maximum absolute atomic E-state index is 13.2. The van der Waals surface area contributed by atoms with Crippen molar-refractivity contribution in [2.45, 2.75) is 6.04 Å². The summed E-state index contributed by atoms with van der Waals surface area (Å²) in [4.78, 5) is 38.3. The Hall–Kier alpha value is -3.83. The molecule has 0 bridgehead atoms. The van der Waals surface area contributed by atoms with Gasteiger partial charge in [0, 0.05) is 10.9 Å². The number of rotatable bonds is 6. The summed E-state index contributed by atoms with van der Waals surface area (Å²) in [5, 5.41) is 23.7. The molecule has 0 aliphatic heterocycles. The van der Waals surface area contributed by atoms with E-state index in [9.17, 15) is 19.5 Å². The van der Waals surface area contributed by atoms with E-state index in [-0.39, 0.29) is 11.4 Å². The minimum absolute atomic E-state index is 0.0332. The van der Waals surface area contributed by atoms with Crippen LogP contribution in [0.5, 0.6) is 5.75 Å². The summed E-state index contributed by atoms with van der Waals surface area (Å²) >= 11 is 6.47. The van der Waals surface area contributed by atoms with Gasteiger partial charge in [-0.3, -0.25) is 14.4 Å². The Bertz CT molecular complexity index is 1480. The van der Waals surface area contributed by atoms with Gasteiger partial charge in [-0.1, -0.05) is 36.4 Å². The van der Waals surface area contributed by atoms with Crippen LogP contribution in [0.25, 0.3) is 10.8 Å². The van der Waals surface area contributed by atoms with Crippen LogP contribution in [0.1, 0.15) is 27.7 Å². The number of carbonyl (C=O) groups excluding carboxylic acids is 2. The molecule has 2 amide bonds. The number of hydrogen-bond acceptors (Lipinski definition) is 6. The maximum atomic E-state index is 13.2. The van der Waals surface area contributed by atoms with Crippen LogP contribution in [0, 0.1) is 0 Å². The van der Waals surface area contributed by atoms with Crippen LogP contribution in [0.2, 0.25) is 0 Å². The molecular formula is C24H17Br2N5O4. The monoisotopic (exact) mass is 597 g/mol. The molecule has 3 aromatic carbocycles. The molecule has 11 heteroatoms. The van der Waals surface area contributed by atoms with Crippen LogP contribution >= 0.6 is 31.9 Å². The second-order valence-electron chi connectivity index (χ2n) is 7.32. The highest BCUT2D eigenvalue weighted by atomic mass is 79.9. The van der Waals surface area contributed by atoms with Crippen LogP contribution in [0.15, 0.2) is 85.6 Å². The fraction of sp³-hybridized carbons (Fsp3) is 0.0417. The van der Waals surface area contributed by atoms with E-state index in [1.165, 1.54) is 6.21 Å². The van der Waals surface area contributed by atoms with E-state index in [4.69, 9.17) is 0 Å². The van der Waals surface area contributed by atoms with Crippen molar-refractivity contribution in [1.82, 2.24) is 20.9 Å². The molecule has 1 aromatic heterocycles. The van der Waals surface area contributed by atoms with Gasteiger partial charge >= 0.3 is 0 Å². The topological polar surface area (TPSA) is 137 Å².